The number of sulfone groups is 1. The molecule has 0 unspecified atom stereocenters. The van der Waals surface area contributed by atoms with E-state index in [2.05, 4.69) is 4.99 Å². The lowest BCUT2D eigenvalue weighted by Crippen LogP contribution is -2.37. The highest BCUT2D eigenvalue weighted by atomic mass is 35.5. The number of carbonyl (C=O) groups is 1. The van der Waals surface area contributed by atoms with Gasteiger partial charge < -0.3 is 4.90 Å². The van der Waals surface area contributed by atoms with Crippen LogP contribution in [-0.4, -0.2) is 42.3 Å². The van der Waals surface area contributed by atoms with Crippen molar-refractivity contribution in [1.82, 2.24) is 0 Å². The van der Waals surface area contributed by atoms with Crippen LogP contribution in [0.15, 0.2) is 29.3 Å². The summed E-state index contributed by atoms with van der Waals surface area (Å²) in [4.78, 5) is 18.7. The average molecular weight is 401 g/mol. The molecular formula is C17H21ClN2O3S2. The zero-order valence-corrected chi connectivity index (χ0v) is 16.6. The number of anilines is 1. The minimum absolute atomic E-state index is 0.0787. The topological polar surface area (TPSA) is 66.8 Å². The van der Waals surface area contributed by atoms with E-state index in [1.807, 2.05) is 30.9 Å². The summed E-state index contributed by atoms with van der Waals surface area (Å²) in [5.41, 5.74) is 0.778. The molecule has 0 N–H and O–H groups in total. The number of carbonyl (C=O) groups excluding carboxylic acids is 1. The largest absolute Gasteiger partial charge is 0.316 e. The van der Waals surface area contributed by atoms with Crippen molar-refractivity contribution in [1.29, 1.82) is 0 Å². The highest BCUT2D eigenvalue weighted by Gasteiger charge is 2.49. The summed E-state index contributed by atoms with van der Waals surface area (Å²) in [6.45, 7) is 3.95. The van der Waals surface area contributed by atoms with Gasteiger partial charge in [-0.15, -0.1) is 0 Å². The van der Waals surface area contributed by atoms with Gasteiger partial charge in [0.1, 0.15) is 0 Å². The normalized spacial score (nSPS) is 26.4. The van der Waals surface area contributed by atoms with Crippen LogP contribution in [0.5, 0.6) is 0 Å². The van der Waals surface area contributed by atoms with E-state index in [4.69, 9.17) is 11.6 Å². The maximum atomic E-state index is 12.5. The van der Waals surface area contributed by atoms with Crippen LogP contribution in [0.2, 0.25) is 5.02 Å². The summed E-state index contributed by atoms with van der Waals surface area (Å²) in [5, 5.41) is 1.05. The van der Waals surface area contributed by atoms with Crippen molar-refractivity contribution in [3.63, 3.8) is 0 Å². The Hall–Kier alpha value is -1.05. The molecule has 5 nitrogen and oxygen atoms in total. The second-order valence-corrected chi connectivity index (χ2v) is 10.2. The summed E-state index contributed by atoms with van der Waals surface area (Å²) in [6.07, 6.45) is 1.49. The molecule has 2 fully saturated rings. The van der Waals surface area contributed by atoms with E-state index in [9.17, 15) is 13.2 Å². The van der Waals surface area contributed by atoms with Gasteiger partial charge in [0.25, 0.3) is 5.91 Å². The number of hydrogen-bond acceptors (Lipinski definition) is 4. The molecule has 0 aliphatic carbocycles. The van der Waals surface area contributed by atoms with Crippen LogP contribution in [0.1, 0.15) is 26.7 Å². The second kappa shape index (κ2) is 7.29. The predicted octanol–water partition coefficient (Wildman–Crippen LogP) is 3.38. The molecule has 2 aliphatic heterocycles. The molecule has 0 saturated carbocycles. The monoisotopic (exact) mass is 400 g/mol. The van der Waals surface area contributed by atoms with Crippen molar-refractivity contribution >= 4 is 50.0 Å². The van der Waals surface area contributed by atoms with E-state index in [1.54, 1.807) is 12.1 Å². The molecule has 0 aromatic heterocycles. The molecule has 3 rings (SSSR count). The molecular weight excluding hydrogens is 380 g/mol. The first-order valence-electron chi connectivity index (χ1n) is 8.39. The van der Waals surface area contributed by atoms with Gasteiger partial charge in [0.2, 0.25) is 0 Å². The molecule has 0 bridgehead atoms. The van der Waals surface area contributed by atoms with Gasteiger partial charge in [0, 0.05) is 21.9 Å². The minimum Gasteiger partial charge on any atom is -0.316 e. The van der Waals surface area contributed by atoms with Crippen LogP contribution in [0.4, 0.5) is 5.69 Å². The van der Waals surface area contributed by atoms with Crippen molar-refractivity contribution in [3.05, 3.63) is 29.3 Å². The Kier molecular flexibility index (Phi) is 5.46. The van der Waals surface area contributed by atoms with Gasteiger partial charge in [0.05, 0.1) is 17.5 Å². The van der Waals surface area contributed by atoms with Gasteiger partial charge >= 0.3 is 0 Å². The smallest absolute Gasteiger partial charge is 0.251 e. The van der Waals surface area contributed by atoms with Crippen LogP contribution < -0.4 is 4.90 Å². The van der Waals surface area contributed by atoms with Crippen LogP contribution in [0, 0.1) is 5.92 Å². The number of benzene rings is 1. The molecule has 1 aromatic carbocycles. The summed E-state index contributed by atoms with van der Waals surface area (Å²) in [6, 6.07) is 7.04. The Morgan fingerprint density at radius 2 is 2.08 bits per heavy atom. The van der Waals surface area contributed by atoms with Crippen LogP contribution >= 0.6 is 23.4 Å². The number of fused-ring (bicyclic) bond motifs is 1. The Labute approximate surface area is 157 Å². The number of amidine groups is 1. The first-order chi connectivity index (χ1) is 11.8. The maximum Gasteiger partial charge on any atom is 0.251 e. The SMILES string of the molecule is CCC(CC)C(=O)N=C1S[C@@H]2CS(=O)(=O)C[C@@H]2N1c1cccc(Cl)c1. The molecule has 136 valence electrons. The van der Waals surface area contributed by atoms with Crippen molar-refractivity contribution < 1.29 is 13.2 Å². The number of rotatable bonds is 4. The zero-order valence-electron chi connectivity index (χ0n) is 14.2. The summed E-state index contributed by atoms with van der Waals surface area (Å²) in [7, 11) is -3.07. The lowest BCUT2D eigenvalue weighted by atomic mass is 10.0. The third-order valence-electron chi connectivity index (χ3n) is 4.69. The van der Waals surface area contributed by atoms with Crippen LogP contribution in [0.25, 0.3) is 0 Å². The standard InChI is InChI=1S/C17H21ClN2O3S2/c1-3-11(4-2)16(21)19-17-20(13-7-5-6-12(18)8-13)14-9-25(22,23)10-15(14)24-17/h5-8,11,14-15H,3-4,9-10H2,1-2H3/t14-,15+/m0/s1. The first kappa shape index (κ1) is 18.7. The molecule has 0 spiro atoms. The third kappa shape index (κ3) is 3.88. The molecule has 2 heterocycles. The summed E-state index contributed by atoms with van der Waals surface area (Å²) >= 11 is 7.50. The van der Waals surface area contributed by atoms with Gasteiger partial charge in [0.15, 0.2) is 15.0 Å². The molecule has 2 saturated heterocycles. The van der Waals surface area contributed by atoms with E-state index in [1.165, 1.54) is 11.8 Å². The Balaban J connectivity index is 1.99. The number of halogens is 1. The number of thioether (sulfide) groups is 1. The van der Waals surface area contributed by atoms with Gasteiger partial charge in [-0.25, -0.2) is 8.42 Å². The fourth-order valence-corrected chi connectivity index (χ4v) is 7.42. The van der Waals surface area contributed by atoms with Gasteiger partial charge in [-0.3, -0.25) is 4.79 Å². The van der Waals surface area contributed by atoms with Crippen LogP contribution in [0.3, 0.4) is 0 Å². The summed E-state index contributed by atoms with van der Waals surface area (Å²) in [5.74, 6) is -0.0340. The van der Waals surface area contributed by atoms with E-state index < -0.39 is 9.84 Å². The van der Waals surface area contributed by atoms with Crippen molar-refractivity contribution in [2.24, 2.45) is 10.9 Å². The number of amides is 1. The zero-order chi connectivity index (χ0) is 18.2. The van der Waals surface area contributed by atoms with Crippen LogP contribution in [-0.2, 0) is 14.6 Å². The number of hydrogen-bond donors (Lipinski definition) is 0. The average Bonchev–Trinajstić information content (AvgIpc) is 2.99. The van der Waals surface area contributed by atoms with Crippen molar-refractivity contribution in [2.75, 3.05) is 16.4 Å². The van der Waals surface area contributed by atoms with Gasteiger partial charge in [-0.2, -0.15) is 4.99 Å². The molecule has 25 heavy (non-hydrogen) atoms. The van der Waals surface area contributed by atoms with Crippen molar-refractivity contribution in [3.8, 4) is 0 Å². The number of nitrogens with zero attached hydrogens (tertiary/aromatic N) is 2. The fraction of sp³-hybridized carbons (Fsp3) is 0.529. The van der Waals surface area contributed by atoms with Gasteiger partial charge in [-0.05, 0) is 31.0 Å². The maximum absolute atomic E-state index is 12.5. The molecule has 2 atom stereocenters. The predicted molar refractivity (Wildman–Crippen MR) is 104 cm³/mol. The molecule has 0 radical (unpaired) electrons. The first-order valence-corrected chi connectivity index (χ1v) is 11.5. The van der Waals surface area contributed by atoms with E-state index >= 15 is 0 Å². The molecule has 1 aromatic rings. The van der Waals surface area contributed by atoms with E-state index in [0.29, 0.717) is 10.2 Å². The fourth-order valence-electron chi connectivity index (χ4n) is 3.32. The third-order valence-corrected chi connectivity index (χ3v) is 8.14. The van der Waals surface area contributed by atoms with Gasteiger partial charge in [-0.1, -0.05) is 43.3 Å². The van der Waals surface area contributed by atoms with Crippen molar-refractivity contribution in [2.45, 2.75) is 38.0 Å². The lowest BCUT2D eigenvalue weighted by Gasteiger charge is -2.24. The molecule has 2 aliphatic rings. The van der Waals surface area contributed by atoms with E-state index in [-0.39, 0.29) is 34.6 Å². The Bertz CT molecular complexity index is 806. The van der Waals surface area contributed by atoms with E-state index in [0.717, 1.165) is 18.5 Å². The minimum atomic E-state index is -3.07. The summed E-state index contributed by atoms with van der Waals surface area (Å²) < 4.78 is 24.1. The molecule has 8 heteroatoms. The lowest BCUT2D eigenvalue weighted by molar-refractivity contribution is -0.121. The highest BCUT2D eigenvalue weighted by molar-refractivity contribution is 8.16. The quantitative estimate of drug-likeness (QED) is 0.775. The Morgan fingerprint density at radius 1 is 1.36 bits per heavy atom. The second-order valence-electron chi connectivity index (χ2n) is 6.40. The number of aliphatic imine (C=N–C) groups is 1. The molecule has 1 amide bonds. The highest BCUT2D eigenvalue weighted by Crippen LogP contribution is 2.41. The Morgan fingerprint density at radius 3 is 2.72 bits per heavy atom.